The maximum Gasteiger partial charge on any atom is 0.331 e. The van der Waals surface area contributed by atoms with Gasteiger partial charge in [-0.3, -0.25) is 14.4 Å². The first-order valence-electron chi connectivity index (χ1n) is 13.0. The predicted molar refractivity (Wildman–Crippen MR) is 138 cm³/mol. The number of phenols is 1. The Hall–Kier alpha value is -3.64. The van der Waals surface area contributed by atoms with Crippen molar-refractivity contribution in [3.8, 4) is 5.75 Å². The minimum atomic E-state index is -2.47. The van der Waals surface area contributed by atoms with Gasteiger partial charge in [-0.15, -0.1) is 0 Å². The zero-order valence-corrected chi connectivity index (χ0v) is 23.4. The molecule has 1 aromatic carbocycles. The van der Waals surface area contributed by atoms with Crippen LogP contribution in [0.3, 0.4) is 0 Å². The zero-order valence-electron chi connectivity index (χ0n) is 23.4. The Balaban J connectivity index is 1.93. The Morgan fingerprint density at radius 3 is 2.02 bits per heavy atom. The third-order valence-electron chi connectivity index (χ3n) is 6.41. The van der Waals surface area contributed by atoms with Crippen molar-refractivity contribution in [2.75, 3.05) is 19.8 Å². The average Bonchev–Trinajstić information content (AvgIpc) is 3.20. The van der Waals surface area contributed by atoms with Crippen molar-refractivity contribution in [2.45, 2.75) is 75.6 Å². The molecule has 0 radical (unpaired) electrons. The van der Waals surface area contributed by atoms with Crippen LogP contribution in [0.1, 0.15) is 26.3 Å². The molecule has 0 saturated carbocycles. The van der Waals surface area contributed by atoms with Crippen molar-refractivity contribution in [3.05, 3.63) is 35.9 Å². The van der Waals surface area contributed by atoms with Crippen LogP contribution in [0.4, 0.5) is 0 Å². The predicted octanol–water partition coefficient (Wildman–Crippen LogP) is -1.71. The van der Waals surface area contributed by atoms with E-state index in [4.69, 9.17) is 33.2 Å². The second-order valence-corrected chi connectivity index (χ2v) is 9.72. The Morgan fingerprint density at radius 1 is 0.860 bits per heavy atom. The number of phenolic OH excluding ortho intramolecular Hbond substituents is 1. The lowest BCUT2D eigenvalue weighted by atomic mass is 9.98. The summed E-state index contributed by atoms with van der Waals surface area (Å²) in [5.74, 6) is -5.91. The van der Waals surface area contributed by atoms with Gasteiger partial charge in [0.15, 0.2) is 12.2 Å². The third-order valence-corrected chi connectivity index (χ3v) is 6.41. The summed E-state index contributed by atoms with van der Waals surface area (Å²) in [6.07, 6.45) is -11.3. The minimum absolute atomic E-state index is 0.000580. The van der Waals surface area contributed by atoms with Gasteiger partial charge in [0.05, 0.1) is 0 Å². The summed E-state index contributed by atoms with van der Waals surface area (Å²) < 4.78 is 37.5. The molecule has 16 nitrogen and oxygen atoms in total. The molecule has 0 amide bonds. The summed E-state index contributed by atoms with van der Waals surface area (Å²) >= 11 is 0. The van der Waals surface area contributed by atoms with E-state index >= 15 is 0 Å². The largest absolute Gasteiger partial charge is 0.508 e. The lowest BCUT2D eigenvalue weighted by Crippen LogP contribution is -2.64. The zero-order chi connectivity index (χ0) is 31.9. The van der Waals surface area contributed by atoms with E-state index in [2.05, 4.69) is 0 Å². The second kappa shape index (κ2) is 14.7. The Bertz CT molecular complexity index is 1170. The van der Waals surface area contributed by atoms with Crippen LogP contribution in [0.15, 0.2) is 30.3 Å². The first kappa shape index (κ1) is 33.9. The van der Waals surface area contributed by atoms with E-state index in [0.717, 1.165) is 26.8 Å². The number of hydrogen-bond donors (Lipinski definition) is 5. The fourth-order valence-electron chi connectivity index (χ4n) is 4.36. The van der Waals surface area contributed by atoms with Gasteiger partial charge in [-0.05, 0) is 23.8 Å². The van der Waals surface area contributed by atoms with E-state index in [9.17, 15) is 44.7 Å². The molecule has 238 valence electrons. The summed E-state index contributed by atoms with van der Waals surface area (Å²) in [5, 5.41) is 52.1. The van der Waals surface area contributed by atoms with Crippen LogP contribution in [-0.4, -0.2) is 124 Å². The Labute approximate surface area is 245 Å². The summed E-state index contributed by atoms with van der Waals surface area (Å²) in [6.45, 7) is 0.936. The van der Waals surface area contributed by atoms with E-state index < -0.39 is 98.5 Å². The summed E-state index contributed by atoms with van der Waals surface area (Å²) in [6, 6.07) is 5.77. The van der Waals surface area contributed by atoms with Crippen LogP contribution >= 0.6 is 0 Å². The van der Waals surface area contributed by atoms with E-state index in [1.807, 2.05) is 0 Å². The molecule has 0 bridgehead atoms. The summed E-state index contributed by atoms with van der Waals surface area (Å²) in [4.78, 5) is 47.3. The van der Waals surface area contributed by atoms with Gasteiger partial charge < -0.3 is 58.7 Å². The summed E-state index contributed by atoms with van der Waals surface area (Å²) in [5.41, 5.74) is 0.501. The quantitative estimate of drug-likeness (QED) is 0.106. The fraction of sp³-hybridized carbons (Fsp3) is 0.556. The molecule has 2 aliphatic rings. The molecule has 0 aliphatic carbocycles. The number of aliphatic hydroxyl groups is 4. The van der Waals surface area contributed by atoms with Crippen molar-refractivity contribution >= 4 is 30.0 Å². The lowest BCUT2D eigenvalue weighted by Gasteiger charge is -2.44. The summed E-state index contributed by atoms with van der Waals surface area (Å²) in [7, 11) is 0. The van der Waals surface area contributed by atoms with Crippen LogP contribution in [0.2, 0.25) is 0 Å². The smallest absolute Gasteiger partial charge is 0.331 e. The number of benzene rings is 1. The number of hydrogen-bond acceptors (Lipinski definition) is 16. The van der Waals surface area contributed by atoms with Crippen molar-refractivity contribution in [1.82, 2.24) is 0 Å². The highest BCUT2D eigenvalue weighted by atomic mass is 16.8. The van der Waals surface area contributed by atoms with Crippen LogP contribution in [0, 0.1) is 0 Å². The standard InChI is InChI=1S/C27H34O16/c1-13(29)37-10-18-21(34)23(36)24(39-15(3)31)26(40-18)43-27(12-28)25(22(35)19(42-27)11-38-14(2)30)41-20(33)9-6-16-4-7-17(32)8-5-16/h4-9,18-19,21-26,28,32,34-36H,10-12H2,1-3H3/b9-6+/t18-,19-,21-,22-,23+,24-,25+,26-,27+/m1/s1. The number of carbonyl (C=O) groups excluding carboxylic acids is 4. The molecule has 9 atom stereocenters. The van der Waals surface area contributed by atoms with Gasteiger partial charge in [0, 0.05) is 26.8 Å². The number of aliphatic hydroxyl groups excluding tert-OH is 4. The van der Waals surface area contributed by atoms with Gasteiger partial charge in [0.25, 0.3) is 0 Å². The highest BCUT2D eigenvalue weighted by Gasteiger charge is 2.61. The SMILES string of the molecule is CC(=O)OC[C@H]1O[C@@](CO)(O[C@H]2O[C@H](COC(C)=O)[C@@H](O)[C@H](O)[C@H]2OC(C)=O)[C@@H](OC(=O)/C=C/c2ccc(O)cc2)[C@@H]1O. The molecule has 2 aliphatic heterocycles. The molecule has 2 saturated heterocycles. The first-order chi connectivity index (χ1) is 20.3. The highest BCUT2D eigenvalue weighted by molar-refractivity contribution is 5.87. The average molecular weight is 615 g/mol. The van der Waals surface area contributed by atoms with E-state index in [0.29, 0.717) is 5.56 Å². The third kappa shape index (κ3) is 8.70. The van der Waals surface area contributed by atoms with Gasteiger partial charge in [-0.2, -0.15) is 0 Å². The Kier molecular flexibility index (Phi) is 11.6. The number of ether oxygens (including phenoxy) is 7. The molecule has 0 unspecified atom stereocenters. The number of carbonyl (C=O) groups is 4. The van der Waals surface area contributed by atoms with Crippen molar-refractivity contribution in [1.29, 1.82) is 0 Å². The van der Waals surface area contributed by atoms with Crippen LogP contribution in [0.5, 0.6) is 5.75 Å². The van der Waals surface area contributed by atoms with E-state index in [1.165, 1.54) is 30.3 Å². The molecule has 0 spiro atoms. The molecule has 5 N–H and O–H groups in total. The van der Waals surface area contributed by atoms with Crippen LogP contribution in [0.25, 0.3) is 6.08 Å². The maximum atomic E-state index is 12.8. The van der Waals surface area contributed by atoms with Crippen molar-refractivity contribution in [2.24, 2.45) is 0 Å². The lowest BCUT2D eigenvalue weighted by molar-refractivity contribution is -0.383. The monoisotopic (exact) mass is 614 g/mol. The van der Waals surface area contributed by atoms with Crippen molar-refractivity contribution in [3.63, 3.8) is 0 Å². The number of esters is 4. The van der Waals surface area contributed by atoms with Gasteiger partial charge in [-0.25, -0.2) is 4.79 Å². The molecule has 0 aromatic heterocycles. The minimum Gasteiger partial charge on any atom is -0.508 e. The normalized spacial score (nSPS) is 32.3. The highest BCUT2D eigenvalue weighted by Crippen LogP contribution is 2.39. The first-order valence-corrected chi connectivity index (χ1v) is 13.0. The van der Waals surface area contributed by atoms with Gasteiger partial charge in [-0.1, -0.05) is 12.1 Å². The van der Waals surface area contributed by atoms with Crippen molar-refractivity contribution < 1.29 is 77.9 Å². The van der Waals surface area contributed by atoms with Gasteiger partial charge in [0.2, 0.25) is 12.1 Å². The van der Waals surface area contributed by atoms with Gasteiger partial charge in [0.1, 0.15) is 56.1 Å². The molecule has 43 heavy (non-hydrogen) atoms. The molecular formula is C27H34O16. The van der Waals surface area contributed by atoms with E-state index in [1.54, 1.807) is 0 Å². The maximum absolute atomic E-state index is 12.8. The fourth-order valence-corrected chi connectivity index (χ4v) is 4.36. The van der Waals surface area contributed by atoms with E-state index in [-0.39, 0.29) is 5.75 Å². The molecule has 1 aromatic rings. The Morgan fingerprint density at radius 2 is 1.47 bits per heavy atom. The topological polar surface area (TPSA) is 234 Å². The van der Waals surface area contributed by atoms with Crippen LogP contribution in [-0.2, 0) is 52.3 Å². The second-order valence-electron chi connectivity index (χ2n) is 9.72. The number of aromatic hydroxyl groups is 1. The molecule has 3 rings (SSSR count). The molecular weight excluding hydrogens is 580 g/mol. The molecule has 2 fully saturated rings. The molecule has 16 heteroatoms. The van der Waals surface area contributed by atoms with Gasteiger partial charge >= 0.3 is 23.9 Å². The molecule has 2 heterocycles. The van der Waals surface area contributed by atoms with Crippen LogP contribution < -0.4 is 0 Å². The number of rotatable bonds is 11.